The average Bonchev–Trinajstić information content (AvgIpc) is 3.34. The van der Waals surface area contributed by atoms with Crippen molar-refractivity contribution in [1.82, 2.24) is 20.0 Å². The first kappa shape index (κ1) is 20.0. The minimum atomic E-state index is 0.0899. The molecule has 1 aliphatic carbocycles. The Labute approximate surface area is 189 Å². The first-order valence-electron chi connectivity index (χ1n) is 12.2. The van der Waals surface area contributed by atoms with E-state index >= 15 is 0 Å². The van der Waals surface area contributed by atoms with Crippen molar-refractivity contribution < 1.29 is 9.53 Å². The van der Waals surface area contributed by atoms with Crippen molar-refractivity contribution in [2.75, 3.05) is 26.7 Å². The van der Waals surface area contributed by atoms with Gasteiger partial charge < -0.3 is 9.64 Å². The third-order valence-electron chi connectivity index (χ3n) is 8.11. The van der Waals surface area contributed by atoms with E-state index in [-0.39, 0.29) is 11.9 Å². The van der Waals surface area contributed by atoms with Crippen molar-refractivity contribution >= 4 is 5.91 Å². The summed E-state index contributed by atoms with van der Waals surface area (Å²) in [5.41, 5.74) is 3.88. The lowest BCUT2D eigenvalue weighted by molar-refractivity contribution is 0.00131. The largest absolute Gasteiger partial charge is 0.497 e. The van der Waals surface area contributed by atoms with Crippen molar-refractivity contribution in [3.05, 3.63) is 47.7 Å². The van der Waals surface area contributed by atoms with E-state index in [1.54, 1.807) is 7.11 Å². The summed E-state index contributed by atoms with van der Waals surface area (Å²) in [7, 11) is 1.66. The number of aromatic nitrogens is 2. The number of nitrogens with zero attached hydrogens (tertiary/aromatic N) is 3. The van der Waals surface area contributed by atoms with Crippen molar-refractivity contribution in [2.45, 2.75) is 50.6 Å². The Hall–Kier alpha value is -2.60. The molecule has 32 heavy (non-hydrogen) atoms. The molecular weight excluding hydrogens is 400 g/mol. The topological polar surface area (TPSA) is 61.5 Å². The summed E-state index contributed by atoms with van der Waals surface area (Å²) in [5.74, 6) is 2.14. The van der Waals surface area contributed by atoms with E-state index in [9.17, 15) is 4.79 Å². The number of hydrogen-bond acceptors (Lipinski definition) is 4. The number of benzene rings is 1. The number of carbonyl (C=O) groups is 1. The number of likely N-dealkylation sites (tertiary alicyclic amines) is 1. The van der Waals surface area contributed by atoms with Crippen LogP contribution in [0, 0.1) is 11.8 Å². The first-order chi connectivity index (χ1) is 15.7. The number of piperidine rings is 3. The van der Waals surface area contributed by atoms with Gasteiger partial charge in [-0.3, -0.25) is 14.8 Å². The van der Waals surface area contributed by atoms with Crippen LogP contribution < -0.4 is 4.74 Å². The highest BCUT2D eigenvalue weighted by Crippen LogP contribution is 2.45. The molecule has 4 heterocycles. The highest BCUT2D eigenvalue weighted by atomic mass is 16.5. The van der Waals surface area contributed by atoms with Crippen LogP contribution in [0.1, 0.15) is 49.0 Å². The van der Waals surface area contributed by atoms with Gasteiger partial charge in [-0.25, -0.2) is 0 Å². The molecule has 1 aromatic heterocycles. The lowest BCUT2D eigenvalue weighted by Crippen LogP contribution is -2.60. The number of carbonyl (C=O) groups excluding carboxylic acids is 1. The summed E-state index contributed by atoms with van der Waals surface area (Å²) in [6.45, 7) is 3.21. The molecule has 6 rings (SSSR count). The van der Waals surface area contributed by atoms with Gasteiger partial charge in [0.05, 0.1) is 18.8 Å². The minimum Gasteiger partial charge on any atom is -0.497 e. The molecule has 0 unspecified atom stereocenters. The summed E-state index contributed by atoms with van der Waals surface area (Å²) in [5, 5.41) is 7.47. The van der Waals surface area contributed by atoms with E-state index in [1.807, 2.05) is 30.3 Å². The molecular formula is C26H32N4O2. The molecule has 6 heteroatoms. The summed E-state index contributed by atoms with van der Waals surface area (Å²) in [6, 6.07) is 10.7. The second-order valence-electron chi connectivity index (χ2n) is 9.90. The molecule has 168 valence electrons. The van der Waals surface area contributed by atoms with Crippen LogP contribution in [0.3, 0.4) is 0 Å². The molecule has 1 aromatic carbocycles. The van der Waals surface area contributed by atoms with Gasteiger partial charge >= 0.3 is 0 Å². The van der Waals surface area contributed by atoms with E-state index in [0.29, 0.717) is 17.5 Å². The Kier molecular flexibility index (Phi) is 5.05. The molecule has 1 N–H and O–H groups in total. The molecule has 0 saturated carbocycles. The molecule has 3 fully saturated rings. The fourth-order valence-corrected chi connectivity index (χ4v) is 6.70. The van der Waals surface area contributed by atoms with E-state index in [4.69, 9.17) is 4.74 Å². The summed E-state index contributed by atoms with van der Waals surface area (Å²) in [6.07, 6.45) is 10.0. The first-order valence-corrected chi connectivity index (χ1v) is 12.2. The molecule has 4 atom stereocenters. The standard InChI is InChI=1S/C26H32N4O2/c1-32-21-9-7-17(8-10-21)22-15-23(28-27-22)26(31)30-12-4-5-18-13-19-14-20(25(18)30)16-29-11-3-2-6-24(19)29/h7-10,13,15,19-20,24-25H,2-6,11-12,14,16H2,1H3,(H,27,28)/t19-,20+,24+,25-/m0/s1. The van der Waals surface area contributed by atoms with Crippen LogP contribution in [0.15, 0.2) is 42.0 Å². The van der Waals surface area contributed by atoms with Crippen molar-refractivity contribution in [3.63, 3.8) is 0 Å². The van der Waals surface area contributed by atoms with E-state index in [1.165, 1.54) is 37.8 Å². The average molecular weight is 433 g/mol. The number of fused-ring (bicyclic) bond motifs is 6. The van der Waals surface area contributed by atoms with Gasteiger partial charge in [-0.2, -0.15) is 5.10 Å². The van der Waals surface area contributed by atoms with Crippen LogP contribution in [-0.4, -0.2) is 64.7 Å². The van der Waals surface area contributed by atoms with Crippen LogP contribution in [-0.2, 0) is 0 Å². The molecule has 6 nitrogen and oxygen atoms in total. The van der Waals surface area contributed by atoms with Gasteiger partial charge in [0.25, 0.3) is 5.91 Å². The molecule has 2 bridgehead atoms. The molecule has 2 aromatic rings. The second-order valence-corrected chi connectivity index (χ2v) is 9.90. The normalized spacial score (nSPS) is 29.7. The molecule has 3 aliphatic heterocycles. The van der Waals surface area contributed by atoms with Crippen LogP contribution >= 0.6 is 0 Å². The third-order valence-corrected chi connectivity index (χ3v) is 8.11. The molecule has 3 saturated heterocycles. The number of methoxy groups -OCH3 is 1. The number of ether oxygens (including phenoxy) is 1. The Bertz CT molecular complexity index is 1030. The fourth-order valence-electron chi connectivity index (χ4n) is 6.70. The van der Waals surface area contributed by atoms with Gasteiger partial charge in [0.15, 0.2) is 0 Å². The van der Waals surface area contributed by atoms with E-state index < -0.39 is 0 Å². The number of nitrogens with one attached hydrogen (secondary N) is 1. The fraction of sp³-hybridized carbons (Fsp3) is 0.538. The van der Waals surface area contributed by atoms with Gasteiger partial charge in [0, 0.05) is 24.7 Å². The smallest absolute Gasteiger partial charge is 0.272 e. The summed E-state index contributed by atoms with van der Waals surface area (Å²) < 4.78 is 5.25. The number of amides is 1. The summed E-state index contributed by atoms with van der Waals surface area (Å²) >= 11 is 0. The van der Waals surface area contributed by atoms with Gasteiger partial charge in [-0.15, -0.1) is 0 Å². The SMILES string of the molecule is COc1ccc(-c2cc(C(=O)N3CCCC4=C[C@H]5C[C@H](CN6CCCC[C@H]56)[C@H]43)[nH]n2)cc1. The van der Waals surface area contributed by atoms with Crippen LogP contribution in [0.5, 0.6) is 5.75 Å². The lowest BCUT2D eigenvalue weighted by Gasteiger charge is -2.54. The van der Waals surface area contributed by atoms with Gasteiger partial charge in [0.1, 0.15) is 11.4 Å². The number of aromatic amines is 1. The Morgan fingerprint density at radius 3 is 2.88 bits per heavy atom. The van der Waals surface area contributed by atoms with Crippen molar-refractivity contribution in [2.24, 2.45) is 11.8 Å². The highest BCUT2D eigenvalue weighted by molar-refractivity contribution is 5.94. The van der Waals surface area contributed by atoms with Crippen LogP contribution in [0.4, 0.5) is 0 Å². The number of hydrogen-bond donors (Lipinski definition) is 1. The Morgan fingerprint density at radius 1 is 1.16 bits per heavy atom. The third kappa shape index (κ3) is 3.36. The van der Waals surface area contributed by atoms with Crippen LogP contribution in [0.25, 0.3) is 11.3 Å². The minimum absolute atomic E-state index is 0.0899. The van der Waals surface area contributed by atoms with E-state index in [0.717, 1.165) is 49.0 Å². The number of rotatable bonds is 3. The zero-order valence-electron chi connectivity index (χ0n) is 18.8. The molecule has 4 aliphatic rings. The second kappa shape index (κ2) is 8.07. The lowest BCUT2D eigenvalue weighted by atomic mass is 9.68. The van der Waals surface area contributed by atoms with Crippen LogP contribution in [0.2, 0.25) is 0 Å². The number of H-pyrrole nitrogens is 1. The predicted molar refractivity (Wildman–Crippen MR) is 124 cm³/mol. The maximum atomic E-state index is 13.6. The van der Waals surface area contributed by atoms with Crippen molar-refractivity contribution in [1.29, 1.82) is 0 Å². The molecule has 0 radical (unpaired) electrons. The highest BCUT2D eigenvalue weighted by Gasteiger charge is 2.47. The quantitative estimate of drug-likeness (QED) is 0.741. The molecule has 0 spiro atoms. The van der Waals surface area contributed by atoms with Crippen molar-refractivity contribution in [3.8, 4) is 17.0 Å². The Morgan fingerprint density at radius 2 is 2.03 bits per heavy atom. The monoisotopic (exact) mass is 432 g/mol. The predicted octanol–water partition coefficient (Wildman–Crippen LogP) is 4.12. The van der Waals surface area contributed by atoms with Gasteiger partial charge in [-0.05, 0) is 80.8 Å². The zero-order chi connectivity index (χ0) is 21.7. The maximum Gasteiger partial charge on any atom is 0.272 e. The molecule has 1 amide bonds. The summed E-state index contributed by atoms with van der Waals surface area (Å²) in [4.78, 5) is 18.5. The van der Waals surface area contributed by atoms with E-state index in [2.05, 4.69) is 26.1 Å². The maximum absolute atomic E-state index is 13.6. The zero-order valence-corrected chi connectivity index (χ0v) is 18.8. The van der Waals surface area contributed by atoms with Gasteiger partial charge in [-0.1, -0.05) is 18.1 Å². The Balaban J connectivity index is 1.25. The van der Waals surface area contributed by atoms with Gasteiger partial charge in [0.2, 0.25) is 0 Å².